The predicted molar refractivity (Wildman–Crippen MR) is 105 cm³/mol. The Kier molecular flexibility index (Phi) is 7.87. The van der Waals surface area contributed by atoms with E-state index in [1.54, 1.807) is 0 Å². The van der Waals surface area contributed by atoms with Crippen LogP contribution in [0.15, 0.2) is 60.7 Å². The van der Waals surface area contributed by atoms with Gasteiger partial charge in [0, 0.05) is 13.0 Å². The monoisotopic (exact) mass is 352 g/mol. The Morgan fingerprint density at radius 3 is 2.15 bits per heavy atom. The van der Waals surface area contributed by atoms with Crippen LogP contribution in [0.2, 0.25) is 0 Å². The summed E-state index contributed by atoms with van der Waals surface area (Å²) in [5, 5.41) is 5.83. The molecule has 2 aromatic rings. The van der Waals surface area contributed by atoms with Gasteiger partial charge in [-0.25, -0.2) is 0 Å². The van der Waals surface area contributed by atoms with Crippen molar-refractivity contribution in [2.45, 2.75) is 39.2 Å². The molecule has 1 unspecified atom stereocenters. The summed E-state index contributed by atoms with van der Waals surface area (Å²) >= 11 is 0. The van der Waals surface area contributed by atoms with Crippen molar-refractivity contribution in [1.29, 1.82) is 0 Å². The third-order valence-electron chi connectivity index (χ3n) is 4.08. The van der Waals surface area contributed by atoms with Crippen molar-refractivity contribution in [2.75, 3.05) is 6.54 Å². The molecule has 2 N–H and O–H groups in total. The lowest BCUT2D eigenvalue weighted by molar-refractivity contribution is -0.129. The Hall–Kier alpha value is -2.62. The molecule has 138 valence electrons. The number of aryl methyl sites for hydroxylation is 1. The number of hydrogen-bond donors (Lipinski definition) is 2. The molecule has 4 heteroatoms. The van der Waals surface area contributed by atoms with Gasteiger partial charge >= 0.3 is 0 Å². The minimum Gasteiger partial charge on any atom is -0.354 e. The lowest BCUT2D eigenvalue weighted by Crippen LogP contribution is -2.41. The molecule has 2 amide bonds. The van der Waals surface area contributed by atoms with Crippen molar-refractivity contribution in [3.63, 3.8) is 0 Å². The summed E-state index contributed by atoms with van der Waals surface area (Å²) in [7, 11) is 0. The molecule has 2 rings (SSSR count). The first-order valence-electron chi connectivity index (χ1n) is 9.22. The van der Waals surface area contributed by atoms with E-state index in [9.17, 15) is 9.59 Å². The molecule has 0 spiro atoms. The molecule has 0 saturated carbocycles. The first kappa shape index (κ1) is 19.7. The summed E-state index contributed by atoms with van der Waals surface area (Å²) in [6.45, 7) is 4.55. The third-order valence-corrected chi connectivity index (χ3v) is 4.08. The zero-order valence-electron chi connectivity index (χ0n) is 15.6. The molecule has 0 heterocycles. The van der Waals surface area contributed by atoms with E-state index in [0.29, 0.717) is 13.0 Å². The van der Waals surface area contributed by atoms with E-state index < -0.39 is 6.04 Å². The van der Waals surface area contributed by atoms with Crippen LogP contribution >= 0.6 is 0 Å². The maximum atomic E-state index is 12.7. The van der Waals surface area contributed by atoms with Gasteiger partial charge in [-0.05, 0) is 29.9 Å². The topological polar surface area (TPSA) is 58.2 Å². The molecule has 26 heavy (non-hydrogen) atoms. The molecule has 0 aliphatic rings. The first-order chi connectivity index (χ1) is 12.6. The number of carbonyl (C=O) groups is 2. The number of hydrogen-bond acceptors (Lipinski definition) is 2. The maximum Gasteiger partial charge on any atom is 0.247 e. The average molecular weight is 352 g/mol. The van der Waals surface area contributed by atoms with E-state index in [-0.39, 0.29) is 17.7 Å². The van der Waals surface area contributed by atoms with Crippen LogP contribution in [-0.2, 0) is 16.0 Å². The Morgan fingerprint density at radius 1 is 0.923 bits per heavy atom. The molecule has 0 radical (unpaired) electrons. The smallest absolute Gasteiger partial charge is 0.247 e. The normalized spacial score (nSPS) is 11.8. The second-order valence-corrected chi connectivity index (χ2v) is 6.89. The summed E-state index contributed by atoms with van der Waals surface area (Å²) in [6, 6.07) is 18.9. The fraction of sp³-hybridized carbons (Fsp3) is 0.364. The number of carbonyl (C=O) groups excluding carboxylic acids is 2. The van der Waals surface area contributed by atoms with Crippen LogP contribution in [0.25, 0.3) is 0 Å². The van der Waals surface area contributed by atoms with E-state index in [4.69, 9.17) is 0 Å². The highest BCUT2D eigenvalue weighted by atomic mass is 16.2. The van der Waals surface area contributed by atoms with Crippen molar-refractivity contribution in [3.8, 4) is 0 Å². The van der Waals surface area contributed by atoms with E-state index >= 15 is 0 Å². The summed E-state index contributed by atoms with van der Waals surface area (Å²) in [5.74, 6) is -0.0185. The Bertz CT molecular complexity index is 684. The zero-order valence-corrected chi connectivity index (χ0v) is 15.6. The van der Waals surface area contributed by atoms with Crippen molar-refractivity contribution in [3.05, 3.63) is 71.8 Å². The minimum atomic E-state index is -0.654. The Morgan fingerprint density at radius 2 is 1.54 bits per heavy atom. The van der Waals surface area contributed by atoms with Crippen LogP contribution in [-0.4, -0.2) is 18.4 Å². The highest BCUT2D eigenvalue weighted by Crippen LogP contribution is 2.14. The van der Waals surface area contributed by atoms with Crippen molar-refractivity contribution in [1.82, 2.24) is 10.6 Å². The van der Waals surface area contributed by atoms with Crippen LogP contribution in [0.1, 0.15) is 43.9 Å². The standard InChI is InChI=1S/C22H28N2O2/c1-17(2)16-20(25)24-21(19-13-7-4-8-14-19)22(26)23-15-9-12-18-10-5-3-6-11-18/h3-8,10-11,13-14,17,21H,9,12,15-16H2,1-2H3,(H,23,26)(H,24,25). The van der Waals surface area contributed by atoms with Crippen molar-refractivity contribution >= 4 is 11.8 Å². The molecule has 1 atom stereocenters. The molecule has 4 nitrogen and oxygen atoms in total. The second-order valence-electron chi connectivity index (χ2n) is 6.89. The van der Waals surface area contributed by atoms with Gasteiger partial charge in [-0.1, -0.05) is 74.5 Å². The fourth-order valence-electron chi connectivity index (χ4n) is 2.79. The Labute approximate surface area is 156 Å². The zero-order chi connectivity index (χ0) is 18.8. The van der Waals surface area contributed by atoms with Crippen LogP contribution < -0.4 is 10.6 Å². The van der Waals surface area contributed by atoms with Crippen molar-refractivity contribution < 1.29 is 9.59 Å². The summed E-state index contributed by atoms with van der Waals surface area (Å²) < 4.78 is 0. The molecular weight excluding hydrogens is 324 g/mol. The number of nitrogens with one attached hydrogen (secondary N) is 2. The summed E-state index contributed by atoms with van der Waals surface area (Å²) in [4.78, 5) is 24.8. The molecule has 0 fully saturated rings. The molecule has 0 saturated heterocycles. The molecule has 0 aliphatic carbocycles. The quantitative estimate of drug-likeness (QED) is 0.677. The summed E-state index contributed by atoms with van der Waals surface area (Å²) in [5.41, 5.74) is 2.05. The first-order valence-corrected chi connectivity index (χ1v) is 9.22. The molecular formula is C22H28N2O2. The molecule has 2 aromatic carbocycles. The van der Waals surface area contributed by atoms with Gasteiger partial charge in [0.25, 0.3) is 0 Å². The highest BCUT2D eigenvalue weighted by Gasteiger charge is 2.22. The number of benzene rings is 2. The predicted octanol–water partition coefficient (Wildman–Crippen LogP) is 3.64. The number of rotatable bonds is 9. The molecule has 0 aromatic heterocycles. The van der Waals surface area contributed by atoms with Gasteiger partial charge in [-0.2, -0.15) is 0 Å². The van der Waals surface area contributed by atoms with Crippen LogP contribution in [0.5, 0.6) is 0 Å². The molecule has 0 aliphatic heterocycles. The van der Waals surface area contributed by atoms with E-state index in [2.05, 4.69) is 22.8 Å². The highest BCUT2D eigenvalue weighted by molar-refractivity contribution is 5.88. The SMILES string of the molecule is CC(C)CC(=O)NC(C(=O)NCCCc1ccccc1)c1ccccc1. The van der Waals surface area contributed by atoms with Gasteiger partial charge in [0.1, 0.15) is 6.04 Å². The van der Waals surface area contributed by atoms with Gasteiger partial charge in [-0.3, -0.25) is 9.59 Å². The van der Waals surface area contributed by atoms with E-state index in [0.717, 1.165) is 18.4 Å². The van der Waals surface area contributed by atoms with Crippen LogP contribution in [0, 0.1) is 5.92 Å². The maximum absolute atomic E-state index is 12.7. The van der Waals surface area contributed by atoms with Gasteiger partial charge < -0.3 is 10.6 Å². The lowest BCUT2D eigenvalue weighted by atomic mass is 10.0. The van der Waals surface area contributed by atoms with Crippen molar-refractivity contribution in [2.24, 2.45) is 5.92 Å². The lowest BCUT2D eigenvalue weighted by Gasteiger charge is -2.19. The third kappa shape index (κ3) is 6.71. The second kappa shape index (κ2) is 10.4. The number of amides is 2. The Balaban J connectivity index is 1.91. The van der Waals surface area contributed by atoms with E-state index in [1.807, 2.05) is 62.4 Å². The van der Waals surface area contributed by atoms with E-state index in [1.165, 1.54) is 5.56 Å². The fourth-order valence-corrected chi connectivity index (χ4v) is 2.79. The molecule has 0 bridgehead atoms. The van der Waals surface area contributed by atoms with Gasteiger partial charge in [0.05, 0.1) is 0 Å². The van der Waals surface area contributed by atoms with Gasteiger partial charge in [0.2, 0.25) is 11.8 Å². The van der Waals surface area contributed by atoms with Gasteiger partial charge in [-0.15, -0.1) is 0 Å². The largest absolute Gasteiger partial charge is 0.354 e. The minimum absolute atomic E-state index is 0.103. The van der Waals surface area contributed by atoms with Crippen LogP contribution in [0.3, 0.4) is 0 Å². The van der Waals surface area contributed by atoms with Gasteiger partial charge in [0.15, 0.2) is 0 Å². The average Bonchev–Trinajstić information content (AvgIpc) is 2.64. The summed E-state index contributed by atoms with van der Waals surface area (Å²) in [6.07, 6.45) is 2.18. The van der Waals surface area contributed by atoms with Crippen LogP contribution in [0.4, 0.5) is 0 Å².